The number of amides is 1. The molecule has 23 heavy (non-hydrogen) atoms. The summed E-state index contributed by atoms with van der Waals surface area (Å²) in [6.45, 7) is 0. The first-order valence-electron chi connectivity index (χ1n) is 6.80. The molecule has 1 amide bonds. The van der Waals surface area contributed by atoms with Crippen LogP contribution in [0.4, 0.5) is 0 Å². The summed E-state index contributed by atoms with van der Waals surface area (Å²) < 4.78 is 4.56. The molecule has 122 valence electrons. The highest BCUT2D eigenvalue weighted by atomic mass is 35.5. The Morgan fingerprint density at radius 2 is 1.52 bits per heavy atom. The van der Waals surface area contributed by atoms with E-state index >= 15 is 0 Å². The maximum Gasteiger partial charge on any atom is 0.337 e. The molecule has 2 N–H and O–H groups in total. The van der Waals surface area contributed by atoms with E-state index in [1.165, 1.54) is 7.11 Å². The van der Waals surface area contributed by atoms with Crippen molar-refractivity contribution in [3.8, 4) is 0 Å². The first-order chi connectivity index (χ1) is 10.6. The van der Waals surface area contributed by atoms with Crippen LogP contribution in [0.2, 0.25) is 0 Å². The minimum Gasteiger partial charge on any atom is -0.467 e. The van der Waals surface area contributed by atoms with Crippen molar-refractivity contribution in [3.63, 3.8) is 0 Å². The summed E-state index contributed by atoms with van der Waals surface area (Å²) in [6.07, 6.45) is -1.49. The second-order valence-corrected chi connectivity index (χ2v) is 4.70. The fraction of sp³-hybridized carbons (Fsp3) is 0.176. The van der Waals surface area contributed by atoms with Crippen LogP contribution in [0, 0.1) is 0 Å². The molecule has 0 aliphatic heterocycles. The van der Waals surface area contributed by atoms with Gasteiger partial charge in [0.15, 0.2) is 6.10 Å². The van der Waals surface area contributed by atoms with Gasteiger partial charge in [0.1, 0.15) is 0 Å². The van der Waals surface area contributed by atoms with Crippen molar-refractivity contribution >= 4 is 24.3 Å². The largest absolute Gasteiger partial charge is 0.467 e. The molecule has 0 spiro atoms. The first kappa shape index (κ1) is 18.7. The third-order valence-corrected chi connectivity index (χ3v) is 3.24. The molecule has 5 nitrogen and oxygen atoms in total. The van der Waals surface area contributed by atoms with Crippen LogP contribution in [0.25, 0.3) is 0 Å². The van der Waals surface area contributed by atoms with Gasteiger partial charge in [-0.25, -0.2) is 4.79 Å². The van der Waals surface area contributed by atoms with E-state index < -0.39 is 18.1 Å². The van der Waals surface area contributed by atoms with Crippen molar-refractivity contribution in [2.24, 2.45) is 0 Å². The van der Waals surface area contributed by atoms with E-state index in [2.05, 4.69) is 10.1 Å². The van der Waals surface area contributed by atoms with Gasteiger partial charge in [0.25, 0.3) is 5.91 Å². The molecule has 6 heteroatoms. The van der Waals surface area contributed by atoms with E-state index in [0.717, 1.165) is 0 Å². The number of rotatable bonds is 5. The van der Waals surface area contributed by atoms with Crippen molar-refractivity contribution in [2.75, 3.05) is 7.11 Å². The van der Waals surface area contributed by atoms with Gasteiger partial charge in [-0.2, -0.15) is 0 Å². The topological polar surface area (TPSA) is 75.6 Å². The Morgan fingerprint density at radius 1 is 1.00 bits per heavy atom. The number of carbonyl (C=O) groups excluding carboxylic acids is 2. The molecule has 2 rings (SSSR count). The van der Waals surface area contributed by atoms with Crippen LogP contribution < -0.4 is 5.32 Å². The van der Waals surface area contributed by atoms with E-state index in [1.54, 1.807) is 54.6 Å². The van der Waals surface area contributed by atoms with Crippen LogP contribution in [-0.4, -0.2) is 30.2 Å². The first-order valence-corrected chi connectivity index (χ1v) is 6.80. The zero-order valence-corrected chi connectivity index (χ0v) is 13.3. The minimum absolute atomic E-state index is 0. The SMILES string of the molecule is COC(=O)C(O)C(NC(=O)c1ccccc1)c1ccccc1.Cl. The summed E-state index contributed by atoms with van der Waals surface area (Å²) in [4.78, 5) is 23.9. The lowest BCUT2D eigenvalue weighted by atomic mass is 10.0. The number of aliphatic hydroxyl groups is 1. The van der Waals surface area contributed by atoms with Crippen LogP contribution in [0.5, 0.6) is 0 Å². The Labute approximate surface area is 140 Å². The fourth-order valence-corrected chi connectivity index (χ4v) is 2.08. The van der Waals surface area contributed by atoms with Crippen LogP contribution in [0.15, 0.2) is 60.7 Å². The van der Waals surface area contributed by atoms with Crippen LogP contribution in [0.1, 0.15) is 22.0 Å². The van der Waals surface area contributed by atoms with Crippen LogP contribution in [0.3, 0.4) is 0 Å². The summed E-state index contributed by atoms with van der Waals surface area (Å²) >= 11 is 0. The third kappa shape index (κ3) is 4.81. The second-order valence-electron chi connectivity index (χ2n) is 4.70. The molecule has 0 aliphatic rings. The molecular weight excluding hydrogens is 318 g/mol. The zero-order chi connectivity index (χ0) is 15.9. The number of esters is 1. The van der Waals surface area contributed by atoms with Crippen molar-refractivity contribution in [1.29, 1.82) is 0 Å². The Bertz CT molecular complexity index is 634. The van der Waals surface area contributed by atoms with Gasteiger partial charge in [0, 0.05) is 5.56 Å². The van der Waals surface area contributed by atoms with Crippen LogP contribution in [-0.2, 0) is 9.53 Å². The molecule has 2 aromatic carbocycles. The Balaban J connectivity index is 0.00000264. The molecule has 2 unspecified atom stereocenters. The maximum atomic E-state index is 12.3. The van der Waals surface area contributed by atoms with Crippen molar-refractivity contribution in [2.45, 2.75) is 12.1 Å². The molecule has 2 atom stereocenters. The number of nitrogens with one attached hydrogen (secondary N) is 1. The molecular formula is C17H18ClNO4. The van der Waals surface area contributed by atoms with E-state index in [0.29, 0.717) is 11.1 Å². The highest BCUT2D eigenvalue weighted by Gasteiger charge is 2.30. The summed E-state index contributed by atoms with van der Waals surface area (Å²) in [5.74, 6) is -1.18. The summed E-state index contributed by atoms with van der Waals surface area (Å²) in [7, 11) is 1.19. The van der Waals surface area contributed by atoms with Crippen LogP contribution >= 0.6 is 12.4 Å². The average Bonchev–Trinajstić information content (AvgIpc) is 2.59. The summed E-state index contributed by atoms with van der Waals surface area (Å²) in [5, 5.41) is 12.8. The van der Waals surface area contributed by atoms with Gasteiger partial charge in [-0.1, -0.05) is 48.5 Å². The minimum atomic E-state index is -1.49. The number of carbonyl (C=O) groups is 2. The smallest absolute Gasteiger partial charge is 0.337 e. The lowest BCUT2D eigenvalue weighted by Crippen LogP contribution is -2.40. The molecule has 0 bridgehead atoms. The van der Waals surface area contributed by atoms with Gasteiger partial charge in [0.05, 0.1) is 13.2 Å². The van der Waals surface area contributed by atoms with Crippen molar-refractivity contribution < 1.29 is 19.4 Å². The molecule has 0 aliphatic carbocycles. The summed E-state index contributed by atoms with van der Waals surface area (Å²) in [6, 6.07) is 16.5. The van der Waals surface area contributed by atoms with Gasteiger partial charge in [-0.3, -0.25) is 4.79 Å². The molecule has 0 saturated carbocycles. The highest BCUT2D eigenvalue weighted by Crippen LogP contribution is 2.18. The molecule has 0 radical (unpaired) electrons. The zero-order valence-electron chi connectivity index (χ0n) is 12.5. The quantitative estimate of drug-likeness (QED) is 0.821. The van der Waals surface area contributed by atoms with Gasteiger partial charge < -0.3 is 15.2 Å². The average molecular weight is 336 g/mol. The standard InChI is InChI=1S/C17H17NO4.ClH/c1-22-17(21)15(19)14(12-8-4-2-5-9-12)18-16(20)13-10-6-3-7-11-13;/h2-11,14-15,19H,1H3,(H,18,20);1H. The molecule has 0 heterocycles. The second kappa shape index (κ2) is 8.92. The van der Waals surface area contributed by atoms with Gasteiger partial charge in [-0.15, -0.1) is 12.4 Å². The number of benzene rings is 2. The fourth-order valence-electron chi connectivity index (χ4n) is 2.08. The number of methoxy groups -OCH3 is 1. The van der Waals surface area contributed by atoms with E-state index in [9.17, 15) is 14.7 Å². The highest BCUT2D eigenvalue weighted by molar-refractivity contribution is 5.94. The maximum absolute atomic E-state index is 12.3. The Morgan fingerprint density at radius 3 is 2.04 bits per heavy atom. The lowest BCUT2D eigenvalue weighted by molar-refractivity contribution is -0.151. The number of aliphatic hydroxyl groups excluding tert-OH is 1. The Kier molecular flexibility index (Phi) is 7.25. The van der Waals surface area contributed by atoms with Crippen molar-refractivity contribution in [3.05, 3.63) is 71.8 Å². The molecule has 0 fully saturated rings. The van der Waals surface area contributed by atoms with Gasteiger partial charge in [-0.05, 0) is 17.7 Å². The van der Waals surface area contributed by atoms with E-state index in [1.807, 2.05) is 6.07 Å². The Hall–Kier alpha value is -2.37. The number of ether oxygens (including phenoxy) is 1. The molecule has 0 saturated heterocycles. The normalized spacial score (nSPS) is 12.4. The lowest BCUT2D eigenvalue weighted by Gasteiger charge is -2.23. The predicted octanol–water partition coefficient (Wildman–Crippen LogP) is 2.11. The van der Waals surface area contributed by atoms with Crippen molar-refractivity contribution in [1.82, 2.24) is 5.32 Å². The number of halogens is 1. The monoisotopic (exact) mass is 335 g/mol. The van der Waals surface area contributed by atoms with Gasteiger partial charge >= 0.3 is 5.97 Å². The predicted molar refractivity (Wildman–Crippen MR) is 88.4 cm³/mol. The molecule has 0 aromatic heterocycles. The number of hydrogen-bond donors (Lipinski definition) is 2. The van der Waals surface area contributed by atoms with E-state index in [-0.39, 0.29) is 18.3 Å². The molecule has 2 aromatic rings. The van der Waals surface area contributed by atoms with E-state index in [4.69, 9.17) is 0 Å². The summed E-state index contributed by atoms with van der Waals surface area (Å²) in [5.41, 5.74) is 1.06. The van der Waals surface area contributed by atoms with Gasteiger partial charge in [0.2, 0.25) is 0 Å². The third-order valence-electron chi connectivity index (χ3n) is 3.24. The number of hydrogen-bond acceptors (Lipinski definition) is 4.